The molecule has 0 amide bonds. The van der Waals surface area contributed by atoms with Gasteiger partial charge in [0.25, 0.3) is 0 Å². The lowest BCUT2D eigenvalue weighted by molar-refractivity contribution is 0.545. The van der Waals surface area contributed by atoms with Gasteiger partial charge in [0.15, 0.2) is 0 Å². The minimum atomic E-state index is -0.0953. The minimum Gasteiger partial charge on any atom is -0.333 e. The molecule has 0 spiro atoms. The molecule has 1 heterocycles. The molecule has 0 saturated heterocycles. The summed E-state index contributed by atoms with van der Waals surface area (Å²) in [4.78, 5) is 4.47. The summed E-state index contributed by atoms with van der Waals surface area (Å²) in [7, 11) is 0. The van der Waals surface area contributed by atoms with Gasteiger partial charge < -0.3 is 4.57 Å². The van der Waals surface area contributed by atoms with Gasteiger partial charge in [0, 0.05) is 23.4 Å². The van der Waals surface area contributed by atoms with Crippen LogP contribution < -0.4 is 11.3 Å². The van der Waals surface area contributed by atoms with Crippen LogP contribution in [0, 0.1) is 13.8 Å². The van der Waals surface area contributed by atoms with Gasteiger partial charge in [-0.1, -0.05) is 35.0 Å². The normalized spacial score (nSPS) is 12.7. The fraction of sp³-hybridized carbons (Fsp3) is 0.400. The standard InChI is InChI=1S/C15H21BrN4/c1-4-6-20-7-5-18-15(20)14(19-17)12-8-10(2)13(16)11(3)9-12/h5,7-9,14,19H,4,6,17H2,1-3H3. The summed E-state index contributed by atoms with van der Waals surface area (Å²) in [6, 6.07) is 4.20. The van der Waals surface area contributed by atoms with Crippen LogP contribution in [-0.4, -0.2) is 9.55 Å². The molecule has 2 rings (SSSR count). The highest BCUT2D eigenvalue weighted by molar-refractivity contribution is 9.10. The second-order valence-corrected chi connectivity index (χ2v) is 5.84. The summed E-state index contributed by atoms with van der Waals surface area (Å²) in [6.07, 6.45) is 4.90. The van der Waals surface area contributed by atoms with Gasteiger partial charge in [0.2, 0.25) is 0 Å². The average Bonchev–Trinajstić information content (AvgIpc) is 2.86. The second-order valence-electron chi connectivity index (χ2n) is 5.05. The van der Waals surface area contributed by atoms with Crippen molar-refractivity contribution in [3.8, 4) is 0 Å². The lowest BCUT2D eigenvalue weighted by Gasteiger charge is -2.19. The first kappa shape index (κ1) is 15.2. The number of hydrazine groups is 1. The number of imidazole rings is 1. The van der Waals surface area contributed by atoms with E-state index >= 15 is 0 Å². The van der Waals surface area contributed by atoms with Crippen molar-refractivity contribution in [2.75, 3.05) is 0 Å². The van der Waals surface area contributed by atoms with E-state index in [0.29, 0.717) is 0 Å². The van der Waals surface area contributed by atoms with Crippen molar-refractivity contribution in [1.82, 2.24) is 15.0 Å². The zero-order chi connectivity index (χ0) is 14.7. The molecular weight excluding hydrogens is 316 g/mol. The Labute approximate surface area is 128 Å². The fourth-order valence-corrected chi connectivity index (χ4v) is 2.71. The molecule has 3 N–H and O–H groups in total. The minimum absolute atomic E-state index is 0.0953. The SMILES string of the molecule is CCCn1ccnc1C(NN)c1cc(C)c(Br)c(C)c1. The largest absolute Gasteiger partial charge is 0.333 e. The lowest BCUT2D eigenvalue weighted by atomic mass is 10.0. The molecule has 2 aromatic rings. The van der Waals surface area contributed by atoms with Gasteiger partial charge in [-0.2, -0.15) is 0 Å². The number of aromatic nitrogens is 2. The Morgan fingerprint density at radius 2 is 2.00 bits per heavy atom. The van der Waals surface area contributed by atoms with Crippen LogP contribution in [0.25, 0.3) is 0 Å². The Kier molecular flexibility index (Phi) is 4.96. The zero-order valence-electron chi connectivity index (χ0n) is 12.2. The van der Waals surface area contributed by atoms with E-state index in [1.54, 1.807) is 0 Å². The maximum Gasteiger partial charge on any atom is 0.131 e. The van der Waals surface area contributed by atoms with Crippen molar-refractivity contribution >= 4 is 15.9 Å². The summed E-state index contributed by atoms with van der Waals surface area (Å²) in [5.41, 5.74) is 6.43. The fourth-order valence-electron chi connectivity index (χ4n) is 2.48. The van der Waals surface area contributed by atoms with E-state index in [-0.39, 0.29) is 6.04 Å². The number of rotatable bonds is 5. The molecule has 1 aromatic heterocycles. The lowest BCUT2D eigenvalue weighted by Crippen LogP contribution is -2.31. The van der Waals surface area contributed by atoms with E-state index in [4.69, 9.17) is 5.84 Å². The smallest absolute Gasteiger partial charge is 0.131 e. The Morgan fingerprint density at radius 1 is 1.35 bits per heavy atom. The van der Waals surface area contributed by atoms with Gasteiger partial charge >= 0.3 is 0 Å². The molecule has 4 nitrogen and oxygen atoms in total. The maximum absolute atomic E-state index is 5.78. The van der Waals surface area contributed by atoms with Gasteiger partial charge in [-0.05, 0) is 37.0 Å². The molecule has 0 aliphatic carbocycles. The molecule has 20 heavy (non-hydrogen) atoms. The van der Waals surface area contributed by atoms with Crippen LogP contribution in [0.3, 0.4) is 0 Å². The van der Waals surface area contributed by atoms with Gasteiger partial charge in [-0.15, -0.1) is 0 Å². The summed E-state index contributed by atoms with van der Waals surface area (Å²) in [5.74, 6) is 6.74. The number of nitrogens with two attached hydrogens (primary N) is 1. The molecule has 0 bridgehead atoms. The zero-order valence-corrected chi connectivity index (χ0v) is 13.7. The number of nitrogens with one attached hydrogen (secondary N) is 1. The Morgan fingerprint density at radius 3 is 2.55 bits per heavy atom. The Balaban J connectivity index is 2.44. The molecule has 5 heteroatoms. The topological polar surface area (TPSA) is 55.9 Å². The molecule has 0 aliphatic rings. The third-order valence-electron chi connectivity index (χ3n) is 3.43. The third-order valence-corrected chi connectivity index (χ3v) is 4.68. The van der Waals surface area contributed by atoms with Crippen LogP contribution in [-0.2, 0) is 6.54 Å². The van der Waals surface area contributed by atoms with Crippen LogP contribution >= 0.6 is 15.9 Å². The predicted molar refractivity (Wildman–Crippen MR) is 85.3 cm³/mol. The van der Waals surface area contributed by atoms with Crippen LogP contribution in [0.1, 0.15) is 41.9 Å². The number of halogens is 1. The maximum atomic E-state index is 5.78. The monoisotopic (exact) mass is 336 g/mol. The summed E-state index contributed by atoms with van der Waals surface area (Å²) in [6.45, 7) is 7.28. The van der Waals surface area contributed by atoms with Gasteiger partial charge in [0.05, 0.1) is 0 Å². The van der Waals surface area contributed by atoms with Crippen LogP contribution in [0.5, 0.6) is 0 Å². The van der Waals surface area contributed by atoms with Crippen LogP contribution in [0.15, 0.2) is 29.0 Å². The van der Waals surface area contributed by atoms with Crippen LogP contribution in [0.4, 0.5) is 0 Å². The van der Waals surface area contributed by atoms with E-state index < -0.39 is 0 Å². The molecule has 0 fully saturated rings. The summed E-state index contributed by atoms with van der Waals surface area (Å²) >= 11 is 3.60. The molecule has 1 unspecified atom stereocenters. The number of hydrogen-bond acceptors (Lipinski definition) is 3. The Hall–Kier alpha value is -1.17. The van der Waals surface area contributed by atoms with Crippen molar-refractivity contribution < 1.29 is 0 Å². The van der Waals surface area contributed by atoms with E-state index in [1.165, 1.54) is 11.1 Å². The van der Waals surface area contributed by atoms with Crippen molar-refractivity contribution in [3.63, 3.8) is 0 Å². The summed E-state index contributed by atoms with van der Waals surface area (Å²) in [5, 5.41) is 0. The van der Waals surface area contributed by atoms with E-state index in [2.05, 4.69) is 63.8 Å². The number of aryl methyl sites for hydroxylation is 3. The van der Waals surface area contributed by atoms with Gasteiger partial charge in [0.1, 0.15) is 11.9 Å². The average molecular weight is 337 g/mol. The van der Waals surface area contributed by atoms with Gasteiger partial charge in [-0.3, -0.25) is 5.84 Å². The van der Waals surface area contributed by atoms with Crippen molar-refractivity contribution in [3.05, 3.63) is 51.5 Å². The third kappa shape index (κ3) is 2.95. The molecule has 0 saturated carbocycles. The van der Waals surface area contributed by atoms with Gasteiger partial charge in [-0.25, -0.2) is 10.4 Å². The van der Waals surface area contributed by atoms with Crippen molar-refractivity contribution in [1.29, 1.82) is 0 Å². The van der Waals surface area contributed by atoms with E-state index in [1.807, 2.05) is 12.4 Å². The quantitative estimate of drug-likeness (QED) is 0.651. The number of hydrogen-bond donors (Lipinski definition) is 2. The molecule has 108 valence electrons. The highest BCUT2D eigenvalue weighted by Crippen LogP contribution is 2.28. The molecule has 1 aromatic carbocycles. The number of nitrogens with zero attached hydrogens (tertiary/aromatic N) is 2. The highest BCUT2D eigenvalue weighted by atomic mass is 79.9. The first-order chi connectivity index (χ1) is 9.58. The Bertz CT molecular complexity index is 568. The molecular formula is C15H21BrN4. The molecule has 0 radical (unpaired) electrons. The van der Waals surface area contributed by atoms with E-state index in [0.717, 1.165) is 28.8 Å². The first-order valence-electron chi connectivity index (χ1n) is 6.82. The number of benzene rings is 1. The highest BCUT2D eigenvalue weighted by Gasteiger charge is 2.19. The molecule has 1 atom stereocenters. The van der Waals surface area contributed by atoms with Crippen LogP contribution in [0.2, 0.25) is 0 Å². The summed E-state index contributed by atoms with van der Waals surface area (Å²) < 4.78 is 3.30. The van der Waals surface area contributed by atoms with Crippen molar-refractivity contribution in [2.45, 2.75) is 39.8 Å². The second kappa shape index (κ2) is 6.52. The molecule has 0 aliphatic heterocycles. The predicted octanol–water partition coefficient (Wildman–Crippen LogP) is 3.23. The van der Waals surface area contributed by atoms with E-state index in [9.17, 15) is 0 Å². The van der Waals surface area contributed by atoms with Crippen molar-refractivity contribution in [2.24, 2.45) is 5.84 Å². The first-order valence-corrected chi connectivity index (χ1v) is 7.61.